The van der Waals surface area contributed by atoms with Gasteiger partial charge in [-0.25, -0.2) is 0 Å². The van der Waals surface area contributed by atoms with Crippen LogP contribution in [0.25, 0.3) is 0 Å². The second-order valence-electron chi connectivity index (χ2n) is 1.69. The van der Waals surface area contributed by atoms with Crippen molar-refractivity contribution in [2.24, 2.45) is 0 Å². The summed E-state index contributed by atoms with van der Waals surface area (Å²) in [5.74, 6) is 0. The van der Waals surface area contributed by atoms with Gasteiger partial charge in [-0.3, -0.25) is 0 Å². The number of halogens is 2. The predicted molar refractivity (Wildman–Crippen MR) is 38.9 cm³/mol. The molecule has 3 nitrogen and oxygen atoms in total. The normalized spacial score (nSPS) is 7.92. The van der Waals surface area contributed by atoms with Crippen molar-refractivity contribution in [2.75, 3.05) is 6.16 Å². The minimum absolute atomic E-state index is 0. The molecule has 0 aromatic carbocycles. The Morgan fingerprint density at radius 1 is 1.17 bits per heavy atom. The molecule has 0 aromatic heterocycles. The van der Waals surface area contributed by atoms with Crippen molar-refractivity contribution in [2.45, 2.75) is 19.8 Å². The average molecular weight is 256 g/mol. The van der Waals surface area contributed by atoms with Gasteiger partial charge < -0.3 is 39.2 Å². The van der Waals surface area contributed by atoms with Gasteiger partial charge in [0, 0.05) is 0 Å². The van der Waals surface area contributed by atoms with E-state index in [9.17, 15) is 14.4 Å². The zero-order chi connectivity index (χ0) is 6.62. The van der Waals surface area contributed by atoms with Crippen molar-refractivity contribution in [3.8, 4) is 0 Å². The average Bonchev–Trinajstić information content (AvgIpc) is 1.59. The molecular formula is C4H9Cl2Mg2O3P. The molecule has 0 aromatic rings. The van der Waals surface area contributed by atoms with Crippen LogP contribution in [0.5, 0.6) is 0 Å². The van der Waals surface area contributed by atoms with Gasteiger partial charge in [-0.1, -0.05) is 20.9 Å². The van der Waals surface area contributed by atoms with Gasteiger partial charge in [-0.2, -0.15) is 0 Å². The molecule has 0 heterocycles. The first kappa shape index (κ1) is 29.2. The second kappa shape index (κ2) is 15.7. The molecule has 0 amide bonds. The number of hydrogen-bond acceptors (Lipinski definition) is 3. The Labute approximate surface area is 118 Å². The first-order chi connectivity index (χ1) is 3.56. The SMILES string of the molecule is CCCCP(=O)([O-])[O-].[Cl-].[Cl-].[Mg+2].[Mg+2]. The van der Waals surface area contributed by atoms with E-state index in [1.165, 1.54) is 0 Å². The molecule has 0 radical (unpaired) electrons. The topological polar surface area (TPSA) is 63.2 Å². The van der Waals surface area contributed by atoms with Gasteiger partial charge in [0.05, 0.1) is 0 Å². The summed E-state index contributed by atoms with van der Waals surface area (Å²) < 4.78 is 9.86. The van der Waals surface area contributed by atoms with Crippen LogP contribution in [0.1, 0.15) is 19.8 Å². The maximum atomic E-state index is 9.86. The van der Waals surface area contributed by atoms with E-state index in [4.69, 9.17) is 0 Å². The third-order valence-electron chi connectivity index (χ3n) is 0.786. The molecule has 0 rings (SSSR count). The number of hydrogen-bond donors (Lipinski definition) is 0. The molecule has 0 unspecified atom stereocenters. The molecule has 12 heavy (non-hydrogen) atoms. The fourth-order valence-corrected chi connectivity index (χ4v) is 1.06. The van der Waals surface area contributed by atoms with Gasteiger partial charge in [-0.15, -0.1) is 0 Å². The van der Waals surface area contributed by atoms with E-state index in [-0.39, 0.29) is 77.1 Å². The Kier molecular flexibility index (Phi) is 38.3. The fourth-order valence-electron chi connectivity index (χ4n) is 0.352. The Balaban J connectivity index is -0.0000000408. The van der Waals surface area contributed by atoms with Crippen LogP contribution in [0.3, 0.4) is 0 Å². The van der Waals surface area contributed by atoms with Crippen molar-refractivity contribution in [1.82, 2.24) is 0 Å². The minimum Gasteiger partial charge on any atom is -1.00 e. The fraction of sp³-hybridized carbons (Fsp3) is 1.00. The van der Waals surface area contributed by atoms with Gasteiger partial charge in [0.25, 0.3) is 0 Å². The van der Waals surface area contributed by atoms with Crippen LogP contribution < -0.4 is 34.6 Å². The molecule has 0 saturated heterocycles. The molecule has 0 bridgehead atoms. The van der Waals surface area contributed by atoms with Crippen LogP contribution >= 0.6 is 7.60 Å². The third kappa shape index (κ3) is 29.5. The Morgan fingerprint density at radius 2 is 1.50 bits per heavy atom. The van der Waals surface area contributed by atoms with Crippen LogP contribution in [0.4, 0.5) is 0 Å². The van der Waals surface area contributed by atoms with E-state index >= 15 is 0 Å². The van der Waals surface area contributed by atoms with E-state index in [2.05, 4.69) is 0 Å². The molecule has 0 aliphatic heterocycles. The molecular weight excluding hydrogens is 247 g/mol. The summed E-state index contributed by atoms with van der Waals surface area (Å²) in [6.45, 7) is 1.84. The predicted octanol–water partition coefficient (Wildman–Crippen LogP) is -7.05. The number of rotatable bonds is 3. The molecule has 0 aliphatic rings. The molecule has 0 saturated carbocycles. The van der Waals surface area contributed by atoms with E-state index in [0.29, 0.717) is 6.42 Å². The van der Waals surface area contributed by atoms with Crippen LogP contribution in [0, 0.1) is 0 Å². The van der Waals surface area contributed by atoms with E-state index in [1.54, 1.807) is 0 Å². The molecule has 0 N–H and O–H groups in total. The van der Waals surface area contributed by atoms with E-state index in [1.807, 2.05) is 6.92 Å². The smallest absolute Gasteiger partial charge is 1.00 e. The zero-order valence-corrected chi connectivity index (χ0v) is 12.2. The summed E-state index contributed by atoms with van der Waals surface area (Å²) in [6, 6.07) is 0. The van der Waals surface area contributed by atoms with Crippen molar-refractivity contribution >= 4 is 53.7 Å². The minimum atomic E-state index is -4.18. The summed E-state index contributed by atoms with van der Waals surface area (Å²) in [7, 11) is -4.18. The summed E-state index contributed by atoms with van der Waals surface area (Å²) >= 11 is 0. The van der Waals surface area contributed by atoms with Crippen molar-refractivity contribution in [1.29, 1.82) is 0 Å². The maximum absolute atomic E-state index is 9.86. The number of unbranched alkanes of at least 4 members (excludes halogenated alkanes) is 1. The van der Waals surface area contributed by atoms with Gasteiger partial charge in [0.1, 0.15) is 0 Å². The summed E-state index contributed by atoms with van der Waals surface area (Å²) in [5, 5.41) is 0. The second-order valence-corrected chi connectivity index (χ2v) is 3.36. The van der Waals surface area contributed by atoms with E-state index < -0.39 is 7.60 Å². The Hall–Kier alpha value is 2.26. The van der Waals surface area contributed by atoms with Gasteiger partial charge in [0.15, 0.2) is 0 Å². The summed E-state index contributed by atoms with van der Waals surface area (Å²) in [5.41, 5.74) is 0. The molecule has 66 valence electrons. The first-order valence-electron chi connectivity index (χ1n) is 2.57. The van der Waals surface area contributed by atoms with Crippen LogP contribution in [-0.4, -0.2) is 52.3 Å². The van der Waals surface area contributed by atoms with E-state index in [0.717, 1.165) is 6.42 Å². The zero-order valence-electron chi connectivity index (χ0n) is 6.96. The first-order valence-corrected chi connectivity index (χ1v) is 4.30. The van der Waals surface area contributed by atoms with Gasteiger partial charge >= 0.3 is 46.1 Å². The maximum Gasteiger partial charge on any atom is 2.00 e. The van der Waals surface area contributed by atoms with Crippen LogP contribution in [0.15, 0.2) is 0 Å². The molecule has 0 fully saturated rings. The summed E-state index contributed by atoms with van der Waals surface area (Å²) in [4.78, 5) is 19.7. The quantitative estimate of drug-likeness (QED) is 0.372. The molecule has 0 aliphatic carbocycles. The van der Waals surface area contributed by atoms with Gasteiger partial charge in [-0.05, 0) is 12.6 Å². The monoisotopic (exact) mass is 254 g/mol. The molecule has 0 atom stereocenters. The molecule has 8 heteroatoms. The third-order valence-corrected chi connectivity index (χ3v) is 1.65. The Morgan fingerprint density at radius 3 is 1.58 bits per heavy atom. The Bertz CT molecular complexity index is 110. The van der Waals surface area contributed by atoms with Crippen molar-refractivity contribution in [3.63, 3.8) is 0 Å². The largest absolute Gasteiger partial charge is 2.00 e. The standard InChI is InChI=1S/C4H11O3P.2ClH.2Mg/c1-2-3-4-8(5,6)7;;;;/h2-4H2,1H3,(H2,5,6,7);2*1H;;/q;;;2*+2/p-4. The molecule has 0 spiro atoms. The van der Waals surface area contributed by atoms with Crippen molar-refractivity contribution in [3.05, 3.63) is 0 Å². The van der Waals surface area contributed by atoms with Gasteiger partial charge in [0.2, 0.25) is 0 Å². The summed E-state index contributed by atoms with van der Waals surface area (Å²) in [6.07, 6.45) is 1.06. The van der Waals surface area contributed by atoms with Crippen molar-refractivity contribution < 1.29 is 39.2 Å². The van der Waals surface area contributed by atoms with Crippen LogP contribution in [0.2, 0.25) is 0 Å². The van der Waals surface area contributed by atoms with Crippen LogP contribution in [-0.2, 0) is 4.57 Å².